The Morgan fingerprint density at radius 1 is 1.12 bits per heavy atom. The lowest BCUT2D eigenvalue weighted by Crippen LogP contribution is -2.13. The monoisotopic (exact) mass is 415 g/mol. The third-order valence-corrected chi connectivity index (χ3v) is 5.05. The predicted molar refractivity (Wildman–Crippen MR) is 101 cm³/mol. The number of nitrogens with one attached hydrogen (secondary N) is 1. The highest BCUT2D eigenvalue weighted by Gasteiger charge is 2.15. The molecule has 0 aliphatic heterocycles. The number of nitrogens with zero attached hydrogens (tertiary/aromatic N) is 2. The summed E-state index contributed by atoms with van der Waals surface area (Å²) < 4.78 is 15.8. The van der Waals surface area contributed by atoms with E-state index in [1.165, 1.54) is 23.5 Å². The third kappa shape index (κ3) is 3.20. The molecular formula is C18H11BrFN3OS. The van der Waals surface area contributed by atoms with Crippen LogP contribution in [0, 0.1) is 5.82 Å². The van der Waals surface area contributed by atoms with Crippen LogP contribution in [-0.2, 0) is 0 Å². The summed E-state index contributed by atoms with van der Waals surface area (Å²) in [4.78, 5) is 17.8. The van der Waals surface area contributed by atoms with Crippen LogP contribution in [0.3, 0.4) is 0 Å². The zero-order valence-electron chi connectivity index (χ0n) is 12.7. The Balaban J connectivity index is 1.64. The Bertz CT molecular complexity index is 1050. The van der Waals surface area contributed by atoms with Gasteiger partial charge in [0.1, 0.15) is 11.5 Å². The highest BCUT2D eigenvalue weighted by atomic mass is 79.9. The van der Waals surface area contributed by atoms with Crippen LogP contribution in [-0.4, -0.2) is 15.3 Å². The summed E-state index contributed by atoms with van der Waals surface area (Å²) >= 11 is 4.75. The second-order valence-electron chi connectivity index (χ2n) is 5.37. The van der Waals surface area contributed by atoms with Gasteiger partial charge in [0.05, 0.1) is 5.69 Å². The standard InChI is InChI=1S/C18H11BrFN3OS/c19-12-3-7-14(8-4-12)21-17(24)16-10-25-18-22-15(9-23(16)18)11-1-5-13(20)6-2-11/h1-10H,(H,21,24). The van der Waals surface area contributed by atoms with Gasteiger partial charge in [-0.3, -0.25) is 9.20 Å². The molecule has 0 radical (unpaired) electrons. The van der Waals surface area contributed by atoms with Gasteiger partial charge >= 0.3 is 0 Å². The van der Waals surface area contributed by atoms with E-state index in [4.69, 9.17) is 0 Å². The average Bonchev–Trinajstić information content (AvgIpc) is 3.18. The Morgan fingerprint density at radius 2 is 1.84 bits per heavy atom. The van der Waals surface area contributed by atoms with Gasteiger partial charge in [0.25, 0.3) is 5.91 Å². The van der Waals surface area contributed by atoms with Crippen molar-refractivity contribution in [1.82, 2.24) is 9.38 Å². The molecule has 0 fully saturated rings. The summed E-state index contributed by atoms with van der Waals surface area (Å²) in [6, 6.07) is 13.5. The van der Waals surface area contributed by atoms with E-state index >= 15 is 0 Å². The Labute approximate surface area is 155 Å². The second kappa shape index (κ2) is 6.42. The number of hydrogen-bond donors (Lipinski definition) is 1. The van der Waals surface area contributed by atoms with Crippen LogP contribution >= 0.6 is 27.3 Å². The van der Waals surface area contributed by atoms with Crippen molar-refractivity contribution in [3.63, 3.8) is 0 Å². The summed E-state index contributed by atoms with van der Waals surface area (Å²) in [6.07, 6.45) is 1.79. The predicted octanol–water partition coefficient (Wildman–Crippen LogP) is 5.22. The molecular weight excluding hydrogens is 405 g/mol. The number of rotatable bonds is 3. The third-order valence-electron chi connectivity index (χ3n) is 3.68. The number of imidazole rings is 1. The first kappa shape index (κ1) is 16.0. The maximum absolute atomic E-state index is 13.1. The van der Waals surface area contributed by atoms with E-state index in [-0.39, 0.29) is 11.7 Å². The fraction of sp³-hybridized carbons (Fsp3) is 0. The molecule has 4 aromatic rings. The van der Waals surface area contributed by atoms with Crippen LogP contribution in [0.1, 0.15) is 10.5 Å². The molecule has 4 nitrogen and oxygen atoms in total. The van der Waals surface area contributed by atoms with Crippen LogP contribution in [0.15, 0.2) is 64.6 Å². The van der Waals surface area contributed by atoms with Gasteiger partial charge in [-0.05, 0) is 48.5 Å². The van der Waals surface area contributed by atoms with E-state index in [1.807, 2.05) is 24.3 Å². The van der Waals surface area contributed by atoms with Crippen molar-refractivity contribution in [2.75, 3.05) is 5.32 Å². The van der Waals surface area contributed by atoms with E-state index < -0.39 is 0 Å². The molecule has 2 heterocycles. The number of amides is 1. The van der Waals surface area contributed by atoms with E-state index in [0.717, 1.165) is 10.0 Å². The minimum Gasteiger partial charge on any atom is -0.321 e. The van der Waals surface area contributed by atoms with Gasteiger partial charge in [0.15, 0.2) is 4.96 Å². The smallest absolute Gasteiger partial charge is 0.273 e. The molecule has 124 valence electrons. The SMILES string of the molecule is O=C(Nc1ccc(Br)cc1)c1csc2nc(-c3ccc(F)cc3)cn12. The zero-order valence-corrected chi connectivity index (χ0v) is 15.1. The first-order chi connectivity index (χ1) is 12.1. The number of carbonyl (C=O) groups is 1. The lowest BCUT2D eigenvalue weighted by atomic mass is 10.2. The maximum Gasteiger partial charge on any atom is 0.273 e. The molecule has 2 aromatic carbocycles. The minimum absolute atomic E-state index is 0.211. The second-order valence-corrected chi connectivity index (χ2v) is 7.12. The lowest BCUT2D eigenvalue weighted by molar-refractivity contribution is 0.102. The lowest BCUT2D eigenvalue weighted by Gasteiger charge is -2.04. The van der Waals surface area contributed by atoms with Crippen molar-refractivity contribution in [3.8, 4) is 11.3 Å². The molecule has 0 spiro atoms. The number of carbonyl (C=O) groups excluding carboxylic acids is 1. The van der Waals surface area contributed by atoms with E-state index in [9.17, 15) is 9.18 Å². The summed E-state index contributed by atoms with van der Waals surface area (Å²) in [6.45, 7) is 0. The van der Waals surface area contributed by atoms with Crippen LogP contribution < -0.4 is 5.32 Å². The molecule has 0 aliphatic rings. The molecule has 0 saturated carbocycles. The Morgan fingerprint density at radius 3 is 2.56 bits per heavy atom. The number of hydrogen-bond acceptors (Lipinski definition) is 3. The van der Waals surface area contributed by atoms with Crippen molar-refractivity contribution < 1.29 is 9.18 Å². The normalized spacial score (nSPS) is 11.0. The number of benzene rings is 2. The van der Waals surface area contributed by atoms with Gasteiger partial charge in [-0.1, -0.05) is 15.9 Å². The van der Waals surface area contributed by atoms with Crippen molar-refractivity contribution >= 4 is 43.8 Å². The molecule has 0 aliphatic carbocycles. The molecule has 25 heavy (non-hydrogen) atoms. The molecule has 0 bridgehead atoms. The average molecular weight is 416 g/mol. The summed E-state index contributed by atoms with van der Waals surface area (Å²) in [7, 11) is 0. The van der Waals surface area contributed by atoms with E-state index in [2.05, 4.69) is 26.2 Å². The Kier molecular flexibility index (Phi) is 4.10. The first-order valence-corrected chi connectivity index (χ1v) is 9.07. The molecule has 0 saturated heterocycles. The number of thiazole rings is 1. The largest absolute Gasteiger partial charge is 0.321 e. The van der Waals surface area contributed by atoms with Crippen LogP contribution in [0.25, 0.3) is 16.2 Å². The summed E-state index contributed by atoms with van der Waals surface area (Å²) in [5.41, 5.74) is 2.72. The molecule has 1 amide bonds. The zero-order chi connectivity index (χ0) is 17.4. The van der Waals surface area contributed by atoms with Crippen LogP contribution in [0.2, 0.25) is 0 Å². The van der Waals surface area contributed by atoms with E-state index in [0.29, 0.717) is 22.0 Å². The van der Waals surface area contributed by atoms with Gasteiger partial charge in [-0.2, -0.15) is 0 Å². The fourth-order valence-corrected chi connectivity index (χ4v) is 3.55. The van der Waals surface area contributed by atoms with Gasteiger partial charge in [-0.25, -0.2) is 9.37 Å². The van der Waals surface area contributed by atoms with Crippen molar-refractivity contribution in [2.24, 2.45) is 0 Å². The summed E-state index contributed by atoms with van der Waals surface area (Å²) in [5, 5.41) is 4.64. The van der Waals surface area contributed by atoms with Crippen molar-refractivity contribution in [1.29, 1.82) is 0 Å². The molecule has 7 heteroatoms. The van der Waals surface area contributed by atoms with E-state index in [1.54, 1.807) is 28.1 Å². The molecule has 0 unspecified atom stereocenters. The maximum atomic E-state index is 13.1. The van der Waals surface area contributed by atoms with Crippen molar-refractivity contribution in [3.05, 3.63) is 76.1 Å². The van der Waals surface area contributed by atoms with Crippen LogP contribution in [0.5, 0.6) is 0 Å². The Hall–Kier alpha value is -2.51. The number of halogens is 2. The molecule has 2 aromatic heterocycles. The fourth-order valence-electron chi connectivity index (χ4n) is 2.44. The van der Waals surface area contributed by atoms with Crippen LogP contribution in [0.4, 0.5) is 10.1 Å². The minimum atomic E-state index is -0.292. The summed E-state index contributed by atoms with van der Waals surface area (Å²) in [5.74, 6) is -0.504. The highest BCUT2D eigenvalue weighted by molar-refractivity contribution is 9.10. The van der Waals surface area contributed by atoms with Crippen molar-refractivity contribution in [2.45, 2.75) is 0 Å². The van der Waals surface area contributed by atoms with Gasteiger partial charge in [0.2, 0.25) is 0 Å². The molecule has 0 atom stereocenters. The number of aromatic nitrogens is 2. The van der Waals surface area contributed by atoms with Gasteiger partial charge < -0.3 is 5.32 Å². The quantitative estimate of drug-likeness (QED) is 0.498. The highest BCUT2D eigenvalue weighted by Crippen LogP contribution is 2.24. The number of fused-ring (bicyclic) bond motifs is 1. The number of anilines is 1. The molecule has 4 rings (SSSR count). The van der Waals surface area contributed by atoms with Gasteiger partial charge in [-0.15, -0.1) is 11.3 Å². The van der Waals surface area contributed by atoms with Gasteiger partial charge in [0, 0.05) is 27.3 Å². The first-order valence-electron chi connectivity index (χ1n) is 7.39. The molecule has 1 N–H and O–H groups in total. The topological polar surface area (TPSA) is 46.4 Å².